The lowest BCUT2D eigenvalue weighted by Gasteiger charge is -2.39. The highest BCUT2D eigenvalue weighted by molar-refractivity contribution is 14.0. The van der Waals surface area contributed by atoms with Gasteiger partial charge < -0.3 is 15.1 Å². The number of benzene rings is 1. The quantitative estimate of drug-likeness (QED) is 0.254. The molecule has 2 fully saturated rings. The molecule has 0 unspecified atom stereocenters. The van der Waals surface area contributed by atoms with Crippen molar-refractivity contribution in [3.63, 3.8) is 0 Å². The van der Waals surface area contributed by atoms with Gasteiger partial charge in [-0.25, -0.2) is 12.8 Å². The van der Waals surface area contributed by atoms with Crippen LogP contribution < -0.4 is 10.2 Å². The lowest BCUT2D eigenvalue weighted by Crippen LogP contribution is -2.57. The standard InChI is InChI=1S/C21H34FN5O2S.HI/c1-21(2)17-27(15-16-30(21,28)29)20(23-3)24-9-6-10-25-11-13-26(14-12-25)19-8-5-4-7-18(19)22;/h4-5,7-8H,6,9-17H2,1-3H3,(H,23,24);1H. The maximum Gasteiger partial charge on any atom is 0.193 e. The highest BCUT2D eigenvalue weighted by Crippen LogP contribution is 2.24. The van der Waals surface area contributed by atoms with E-state index in [2.05, 4.69) is 20.1 Å². The Morgan fingerprint density at radius 2 is 1.84 bits per heavy atom. The zero-order chi connectivity index (χ0) is 21.8. The fourth-order valence-electron chi connectivity index (χ4n) is 4.08. The molecular weight excluding hydrogens is 532 g/mol. The van der Waals surface area contributed by atoms with Crippen molar-refractivity contribution in [2.75, 3.05) is 70.1 Å². The van der Waals surface area contributed by atoms with E-state index in [1.54, 1.807) is 27.0 Å². The highest BCUT2D eigenvalue weighted by atomic mass is 127. The van der Waals surface area contributed by atoms with Crippen LogP contribution >= 0.6 is 24.0 Å². The van der Waals surface area contributed by atoms with E-state index in [1.807, 2.05) is 17.0 Å². The summed E-state index contributed by atoms with van der Waals surface area (Å²) in [5.74, 6) is 0.769. The monoisotopic (exact) mass is 567 g/mol. The first-order valence-electron chi connectivity index (χ1n) is 10.6. The van der Waals surface area contributed by atoms with E-state index in [4.69, 9.17) is 0 Å². The Hall–Kier alpha value is -1.14. The fourth-order valence-corrected chi connectivity index (χ4v) is 5.45. The predicted octanol–water partition coefficient (Wildman–Crippen LogP) is 2.04. The van der Waals surface area contributed by atoms with Gasteiger partial charge in [-0.2, -0.15) is 0 Å². The maximum atomic E-state index is 14.0. The molecule has 0 radical (unpaired) electrons. The van der Waals surface area contributed by atoms with Crippen LogP contribution in [0.15, 0.2) is 29.3 Å². The Labute approximate surface area is 203 Å². The molecule has 176 valence electrons. The molecule has 2 saturated heterocycles. The summed E-state index contributed by atoms with van der Waals surface area (Å²) >= 11 is 0. The third-order valence-electron chi connectivity index (χ3n) is 6.05. The topological polar surface area (TPSA) is 68.2 Å². The smallest absolute Gasteiger partial charge is 0.193 e. The van der Waals surface area contributed by atoms with E-state index in [0.717, 1.165) is 51.6 Å². The molecule has 2 heterocycles. The van der Waals surface area contributed by atoms with Gasteiger partial charge in [0.2, 0.25) is 0 Å². The number of anilines is 1. The van der Waals surface area contributed by atoms with Crippen LogP contribution in [0.4, 0.5) is 10.1 Å². The average Bonchev–Trinajstić information content (AvgIpc) is 2.71. The summed E-state index contributed by atoms with van der Waals surface area (Å²) in [5.41, 5.74) is 0.689. The Balaban J connectivity index is 0.00000341. The summed E-state index contributed by atoms with van der Waals surface area (Å²) in [5, 5.41) is 3.38. The van der Waals surface area contributed by atoms with Crippen LogP contribution in [0.25, 0.3) is 0 Å². The van der Waals surface area contributed by atoms with E-state index in [0.29, 0.717) is 18.8 Å². The lowest BCUT2D eigenvalue weighted by molar-refractivity contribution is 0.254. The number of halogens is 2. The Morgan fingerprint density at radius 3 is 2.45 bits per heavy atom. The summed E-state index contributed by atoms with van der Waals surface area (Å²) in [6.07, 6.45) is 0.967. The number of hydrogen-bond acceptors (Lipinski definition) is 5. The van der Waals surface area contributed by atoms with E-state index >= 15 is 0 Å². The zero-order valence-electron chi connectivity index (χ0n) is 18.7. The second-order valence-corrected chi connectivity index (χ2v) is 11.4. The lowest BCUT2D eigenvalue weighted by atomic mass is 10.2. The molecule has 1 N–H and O–H groups in total. The summed E-state index contributed by atoms with van der Waals surface area (Å²) in [4.78, 5) is 10.9. The van der Waals surface area contributed by atoms with Gasteiger partial charge in [0.25, 0.3) is 0 Å². The SMILES string of the molecule is CN=C(NCCCN1CCN(c2ccccc2F)CC1)N1CCS(=O)(=O)C(C)(C)C1.I. The first kappa shape index (κ1) is 26.1. The maximum absolute atomic E-state index is 14.0. The molecule has 1 aromatic carbocycles. The molecular formula is C21H35FIN5O2S. The molecule has 3 rings (SSSR count). The van der Waals surface area contributed by atoms with Crippen molar-refractivity contribution in [2.24, 2.45) is 4.99 Å². The van der Waals surface area contributed by atoms with Gasteiger partial charge in [0, 0.05) is 52.9 Å². The normalized spacial score (nSPS) is 21.5. The number of piperazine rings is 1. The number of rotatable bonds is 5. The number of nitrogens with one attached hydrogen (secondary N) is 1. The molecule has 7 nitrogen and oxygen atoms in total. The third kappa shape index (κ3) is 6.44. The van der Waals surface area contributed by atoms with Gasteiger partial charge in [-0.1, -0.05) is 12.1 Å². The van der Waals surface area contributed by atoms with E-state index in [1.165, 1.54) is 6.07 Å². The van der Waals surface area contributed by atoms with Gasteiger partial charge in [0.1, 0.15) is 5.82 Å². The molecule has 0 aliphatic carbocycles. The Morgan fingerprint density at radius 1 is 1.16 bits per heavy atom. The van der Waals surface area contributed by atoms with Crippen LogP contribution in [0.2, 0.25) is 0 Å². The van der Waals surface area contributed by atoms with Crippen LogP contribution in [0, 0.1) is 5.82 Å². The number of sulfone groups is 1. The molecule has 1 aromatic rings. The second-order valence-electron chi connectivity index (χ2n) is 8.61. The van der Waals surface area contributed by atoms with Crippen molar-refractivity contribution in [3.05, 3.63) is 30.1 Å². The van der Waals surface area contributed by atoms with Crippen molar-refractivity contribution in [1.29, 1.82) is 0 Å². The molecule has 10 heteroatoms. The molecule has 31 heavy (non-hydrogen) atoms. The summed E-state index contributed by atoms with van der Waals surface area (Å²) in [6.45, 7) is 9.73. The molecule has 0 atom stereocenters. The third-order valence-corrected chi connectivity index (χ3v) is 8.59. The molecule has 0 spiro atoms. The number of nitrogens with zero attached hydrogens (tertiary/aromatic N) is 4. The van der Waals surface area contributed by atoms with Crippen molar-refractivity contribution in [3.8, 4) is 0 Å². The predicted molar refractivity (Wildman–Crippen MR) is 136 cm³/mol. The van der Waals surface area contributed by atoms with Gasteiger partial charge in [-0.05, 0) is 38.9 Å². The first-order valence-corrected chi connectivity index (χ1v) is 12.3. The molecule has 2 aliphatic rings. The summed E-state index contributed by atoms with van der Waals surface area (Å²) in [6, 6.07) is 6.95. The van der Waals surface area contributed by atoms with Gasteiger partial charge in [-0.3, -0.25) is 9.89 Å². The largest absolute Gasteiger partial charge is 0.367 e. The minimum absolute atomic E-state index is 0. The van der Waals surface area contributed by atoms with Crippen LogP contribution in [0.1, 0.15) is 20.3 Å². The summed E-state index contributed by atoms with van der Waals surface area (Å²) < 4.78 is 37.6. The average molecular weight is 568 g/mol. The first-order chi connectivity index (χ1) is 14.2. The fraction of sp³-hybridized carbons (Fsp3) is 0.667. The van der Waals surface area contributed by atoms with E-state index in [-0.39, 0.29) is 35.5 Å². The highest BCUT2D eigenvalue weighted by Gasteiger charge is 2.40. The van der Waals surface area contributed by atoms with Crippen LogP contribution in [0.5, 0.6) is 0 Å². The number of hydrogen-bond donors (Lipinski definition) is 1. The van der Waals surface area contributed by atoms with Crippen molar-refractivity contribution in [2.45, 2.75) is 25.0 Å². The zero-order valence-corrected chi connectivity index (χ0v) is 21.8. The van der Waals surface area contributed by atoms with Gasteiger partial charge >= 0.3 is 0 Å². The number of guanidine groups is 1. The van der Waals surface area contributed by atoms with Gasteiger partial charge in [0.05, 0.1) is 16.2 Å². The minimum atomic E-state index is -3.06. The van der Waals surface area contributed by atoms with Crippen LogP contribution in [-0.4, -0.2) is 94.1 Å². The van der Waals surface area contributed by atoms with Gasteiger partial charge in [-0.15, -0.1) is 24.0 Å². The second kappa shape index (κ2) is 11.1. The number of aliphatic imine (C=N–C) groups is 1. The van der Waals surface area contributed by atoms with Crippen molar-refractivity contribution < 1.29 is 12.8 Å². The molecule has 2 aliphatic heterocycles. The Kier molecular flexibility index (Phi) is 9.38. The number of para-hydroxylation sites is 1. The van der Waals surface area contributed by atoms with Crippen LogP contribution in [0.3, 0.4) is 0 Å². The van der Waals surface area contributed by atoms with E-state index in [9.17, 15) is 12.8 Å². The van der Waals surface area contributed by atoms with Crippen molar-refractivity contribution in [1.82, 2.24) is 15.1 Å². The van der Waals surface area contributed by atoms with Gasteiger partial charge in [0.15, 0.2) is 15.8 Å². The molecule has 0 bridgehead atoms. The Bertz CT molecular complexity index is 857. The minimum Gasteiger partial charge on any atom is -0.367 e. The van der Waals surface area contributed by atoms with E-state index < -0.39 is 14.6 Å². The molecule has 0 saturated carbocycles. The molecule has 0 aromatic heterocycles. The van der Waals surface area contributed by atoms with Crippen molar-refractivity contribution >= 4 is 45.5 Å². The van der Waals surface area contributed by atoms with Crippen LogP contribution in [-0.2, 0) is 9.84 Å². The molecule has 0 amide bonds. The summed E-state index contributed by atoms with van der Waals surface area (Å²) in [7, 11) is -1.32.